The zero-order valence-electron chi connectivity index (χ0n) is 19.7. The minimum absolute atomic E-state index is 0.198. The van der Waals surface area contributed by atoms with Crippen molar-refractivity contribution in [3.05, 3.63) is 35.2 Å². The molecule has 0 spiro atoms. The number of carbonyl (C=O) groups excluding carboxylic acids is 1. The number of anilines is 2. The second-order valence-corrected chi connectivity index (χ2v) is 9.23. The molecule has 184 valence electrons. The van der Waals surface area contributed by atoms with Crippen LogP contribution in [0.4, 0.5) is 24.8 Å². The molecule has 3 aromatic rings. The van der Waals surface area contributed by atoms with Crippen molar-refractivity contribution >= 4 is 23.1 Å². The van der Waals surface area contributed by atoms with E-state index in [2.05, 4.69) is 26.5 Å². The zero-order chi connectivity index (χ0) is 25.5. The zero-order valence-corrected chi connectivity index (χ0v) is 19.7. The predicted octanol–water partition coefficient (Wildman–Crippen LogP) is 3.81. The van der Waals surface area contributed by atoms with Gasteiger partial charge < -0.3 is 15.0 Å². The number of pyridine rings is 1. The quantitative estimate of drug-likeness (QED) is 0.598. The van der Waals surface area contributed by atoms with Crippen LogP contribution in [0.3, 0.4) is 0 Å². The number of fused-ring (bicyclic) bond motifs is 1. The number of aryl methyl sites for hydroxylation is 1. The van der Waals surface area contributed by atoms with Gasteiger partial charge in [0.25, 0.3) is 0 Å². The number of aromatic nitrogens is 4. The highest BCUT2D eigenvalue weighted by Gasteiger charge is 2.36. The molecular formula is C23H24F3N7O2. The number of ether oxygens (including phenoxy) is 1. The molecule has 0 atom stereocenters. The highest BCUT2D eigenvalue weighted by atomic mass is 19.4. The van der Waals surface area contributed by atoms with Crippen molar-refractivity contribution in [2.24, 2.45) is 5.41 Å². The molecule has 3 aromatic heterocycles. The third kappa shape index (κ3) is 4.77. The Morgan fingerprint density at radius 1 is 1.20 bits per heavy atom. The summed E-state index contributed by atoms with van der Waals surface area (Å²) >= 11 is 0. The molecule has 35 heavy (non-hydrogen) atoms. The van der Waals surface area contributed by atoms with E-state index in [9.17, 15) is 23.2 Å². The van der Waals surface area contributed by atoms with Crippen LogP contribution < -0.4 is 10.2 Å². The Morgan fingerprint density at radius 2 is 1.89 bits per heavy atom. The maximum absolute atomic E-state index is 14.1. The van der Waals surface area contributed by atoms with Crippen molar-refractivity contribution < 1.29 is 22.7 Å². The van der Waals surface area contributed by atoms with E-state index in [4.69, 9.17) is 4.74 Å². The van der Waals surface area contributed by atoms with Gasteiger partial charge in [0.1, 0.15) is 17.4 Å². The fraction of sp³-hybridized carbons (Fsp3) is 0.435. The lowest BCUT2D eigenvalue weighted by Crippen LogP contribution is -2.37. The van der Waals surface area contributed by atoms with Crippen molar-refractivity contribution in [3.63, 3.8) is 0 Å². The van der Waals surface area contributed by atoms with Gasteiger partial charge in [0, 0.05) is 24.7 Å². The lowest BCUT2D eigenvalue weighted by molar-refractivity contribution is -0.137. The van der Waals surface area contributed by atoms with Crippen LogP contribution in [-0.2, 0) is 15.7 Å². The molecule has 4 rings (SSSR count). The molecule has 12 heteroatoms. The number of morpholine rings is 1. The van der Waals surface area contributed by atoms with Gasteiger partial charge in [0.15, 0.2) is 11.6 Å². The lowest BCUT2D eigenvalue weighted by atomic mass is 9.96. The number of halogens is 3. The summed E-state index contributed by atoms with van der Waals surface area (Å²) in [4.78, 5) is 22.7. The fourth-order valence-corrected chi connectivity index (χ4v) is 3.64. The molecule has 0 radical (unpaired) electrons. The Kier molecular flexibility index (Phi) is 6.14. The Hall–Kier alpha value is -3.72. The number of nitrogens with zero attached hydrogens (tertiary/aromatic N) is 6. The fourth-order valence-electron chi connectivity index (χ4n) is 3.64. The van der Waals surface area contributed by atoms with Gasteiger partial charge >= 0.3 is 6.18 Å². The minimum Gasteiger partial charge on any atom is -0.378 e. The highest BCUT2D eigenvalue weighted by Crippen LogP contribution is 2.38. The summed E-state index contributed by atoms with van der Waals surface area (Å²) in [6.07, 6.45) is -3.75. The highest BCUT2D eigenvalue weighted by molar-refractivity contribution is 5.94. The molecule has 1 saturated heterocycles. The summed E-state index contributed by atoms with van der Waals surface area (Å²) in [6.45, 7) is 8.45. The predicted molar refractivity (Wildman–Crippen MR) is 122 cm³/mol. The summed E-state index contributed by atoms with van der Waals surface area (Å²) in [5.74, 6) is -0.485. The van der Waals surface area contributed by atoms with Crippen LogP contribution in [0.25, 0.3) is 16.9 Å². The van der Waals surface area contributed by atoms with Crippen molar-refractivity contribution in [1.29, 1.82) is 5.26 Å². The molecule has 1 aliphatic rings. The molecule has 1 amide bonds. The number of rotatable bonds is 3. The van der Waals surface area contributed by atoms with Crippen molar-refractivity contribution in [3.8, 4) is 17.5 Å². The van der Waals surface area contributed by atoms with E-state index in [1.165, 1.54) is 4.52 Å². The normalized spacial score (nSPS) is 14.7. The van der Waals surface area contributed by atoms with Crippen molar-refractivity contribution in [1.82, 2.24) is 19.6 Å². The van der Waals surface area contributed by atoms with Gasteiger partial charge in [-0.3, -0.25) is 4.79 Å². The van der Waals surface area contributed by atoms with E-state index in [0.717, 1.165) is 12.3 Å². The van der Waals surface area contributed by atoms with Crippen LogP contribution >= 0.6 is 0 Å². The average Bonchev–Trinajstić information content (AvgIpc) is 3.13. The van der Waals surface area contributed by atoms with Gasteiger partial charge in [-0.05, 0) is 19.1 Å². The second kappa shape index (κ2) is 8.81. The molecule has 1 N–H and O–H groups in total. The first kappa shape index (κ1) is 24.4. The molecule has 0 bridgehead atoms. The molecule has 0 aliphatic carbocycles. The Morgan fingerprint density at radius 3 is 2.49 bits per heavy atom. The Labute approximate surface area is 199 Å². The second-order valence-electron chi connectivity index (χ2n) is 9.23. The van der Waals surface area contributed by atoms with Gasteiger partial charge in [0.05, 0.1) is 35.6 Å². The van der Waals surface area contributed by atoms with E-state index >= 15 is 0 Å². The van der Waals surface area contributed by atoms with Crippen LogP contribution in [0.15, 0.2) is 18.3 Å². The summed E-state index contributed by atoms with van der Waals surface area (Å²) in [5.41, 5.74) is -0.842. The number of carbonyl (C=O) groups is 1. The van der Waals surface area contributed by atoms with E-state index < -0.39 is 23.1 Å². The van der Waals surface area contributed by atoms with Crippen LogP contribution in [0, 0.1) is 23.7 Å². The molecule has 9 nitrogen and oxygen atoms in total. The summed E-state index contributed by atoms with van der Waals surface area (Å²) < 4.78 is 49.2. The average molecular weight is 487 g/mol. The third-order valence-electron chi connectivity index (χ3n) is 5.66. The number of hydrogen-bond acceptors (Lipinski definition) is 7. The molecule has 4 heterocycles. The van der Waals surface area contributed by atoms with Gasteiger partial charge in [-0.15, -0.1) is 5.10 Å². The molecule has 0 aromatic carbocycles. The van der Waals surface area contributed by atoms with Crippen LogP contribution in [-0.4, -0.2) is 51.8 Å². The molecule has 1 aliphatic heterocycles. The van der Waals surface area contributed by atoms with Crippen molar-refractivity contribution in [2.45, 2.75) is 33.9 Å². The lowest BCUT2D eigenvalue weighted by Gasteiger charge is -2.28. The Bertz CT molecular complexity index is 1330. The van der Waals surface area contributed by atoms with E-state index in [1.54, 1.807) is 33.8 Å². The first-order chi connectivity index (χ1) is 16.4. The molecular weight excluding hydrogens is 463 g/mol. The summed E-state index contributed by atoms with van der Waals surface area (Å²) in [7, 11) is 0. The Balaban J connectivity index is 1.90. The summed E-state index contributed by atoms with van der Waals surface area (Å²) in [5, 5.41) is 16.3. The molecule has 1 fully saturated rings. The van der Waals surface area contributed by atoms with Gasteiger partial charge in [-0.1, -0.05) is 20.8 Å². The minimum atomic E-state index is -4.76. The number of nitrogens with one attached hydrogen (secondary N) is 1. The number of amides is 1. The number of alkyl halides is 3. The van der Waals surface area contributed by atoms with E-state index in [-0.39, 0.29) is 17.2 Å². The van der Waals surface area contributed by atoms with E-state index in [1.807, 2.05) is 4.90 Å². The third-order valence-corrected chi connectivity index (χ3v) is 5.66. The molecule has 0 unspecified atom stereocenters. The largest absolute Gasteiger partial charge is 0.417 e. The van der Waals surface area contributed by atoms with Gasteiger partial charge in [-0.2, -0.15) is 18.4 Å². The van der Waals surface area contributed by atoms with Gasteiger partial charge in [0.2, 0.25) is 5.91 Å². The monoisotopic (exact) mass is 487 g/mol. The number of nitriles is 1. The van der Waals surface area contributed by atoms with E-state index in [0.29, 0.717) is 48.9 Å². The summed E-state index contributed by atoms with van der Waals surface area (Å²) in [6, 6.07) is 4.49. The van der Waals surface area contributed by atoms with Crippen LogP contribution in [0.5, 0.6) is 0 Å². The standard InChI is InChI=1S/C23H24F3N7O2/c1-13-14(11-27)9-17-20(32-5-7-35-8-6-32)30-19(31-33(13)17)15-12-28-18(10-16(15)23(24,25)26)29-21(34)22(2,3)4/h9-10,12H,5-8H2,1-4H3,(H,28,29,34). The maximum atomic E-state index is 14.1. The van der Waals surface area contributed by atoms with Crippen LogP contribution in [0.1, 0.15) is 37.6 Å². The number of hydrogen-bond donors (Lipinski definition) is 1. The van der Waals surface area contributed by atoms with Crippen LogP contribution in [0.2, 0.25) is 0 Å². The molecule has 0 saturated carbocycles. The maximum Gasteiger partial charge on any atom is 0.417 e. The smallest absolute Gasteiger partial charge is 0.378 e. The SMILES string of the molecule is Cc1c(C#N)cc2c(N3CCOCC3)nc(-c3cnc(NC(=O)C(C)(C)C)cc3C(F)(F)F)nn12. The van der Waals surface area contributed by atoms with Gasteiger partial charge in [-0.25, -0.2) is 14.5 Å². The first-order valence-corrected chi connectivity index (χ1v) is 10.9. The first-order valence-electron chi connectivity index (χ1n) is 10.9. The van der Waals surface area contributed by atoms with Crippen molar-refractivity contribution in [2.75, 3.05) is 36.5 Å². The topological polar surface area (TPSA) is 108 Å².